The van der Waals surface area contributed by atoms with Gasteiger partial charge in [-0.2, -0.15) is 0 Å². The van der Waals surface area contributed by atoms with Crippen molar-refractivity contribution in [2.24, 2.45) is 0 Å². The van der Waals surface area contributed by atoms with Crippen LogP contribution < -0.4 is 10.1 Å². The quantitative estimate of drug-likeness (QED) is 0.805. The standard InChI is InChI=1S/C17H20BrN3O2.ClH/c1-23-17-9-14(18)13(8-16(17)22)11-21-7-6-20-10-15(21)12-2-4-19-5-3-12;/h2-5,8-9,15,20,22H,6-7,10-11H2,1H3;1H. The second kappa shape index (κ2) is 8.67. The number of pyridine rings is 1. The van der Waals surface area contributed by atoms with Crippen molar-refractivity contribution in [2.45, 2.75) is 12.6 Å². The van der Waals surface area contributed by atoms with E-state index in [2.05, 4.69) is 43.3 Å². The lowest BCUT2D eigenvalue weighted by molar-refractivity contribution is 0.153. The molecule has 130 valence electrons. The van der Waals surface area contributed by atoms with Gasteiger partial charge >= 0.3 is 0 Å². The highest BCUT2D eigenvalue weighted by atomic mass is 79.9. The highest BCUT2D eigenvalue weighted by Crippen LogP contribution is 2.34. The molecular formula is C17H21BrClN3O2. The van der Waals surface area contributed by atoms with Crippen molar-refractivity contribution in [2.75, 3.05) is 26.7 Å². The molecule has 1 unspecified atom stereocenters. The third kappa shape index (κ3) is 4.19. The van der Waals surface area contributed by atoms with E-state index in [0.29, 0.717) is 11.8 Å². The molecule has 0 amide bonds. The van der Waals surface area contributed by atoms with Gasteiger partial charge in [-0.05, 0) is 35.4 Å². The predicted octanol–water partition coefficient (Wildman–Crippen LogP) is 3.13. The molecule has 1 fully saturated rings. The van der Waals surface area contributed by atoms with Gasteiger partial charge in [-0.15, -0.1) is 12.4 Å². The first-order chi connectivity index (χ1) is 11.2. The number of aromatic nitrogens is 1. The van der Waals surface area contributed by atoms with E-state index in [1.807, 2.05) is 18.5 Å². The average molecular weight is 415 g/mol. The van der Waals surface area contributed by atoms with Crippen LogP contribution in [0.5, 0.6) is 11.5 Å². The molecule has 0 spiro atoms. The average Bonchev–Trinajstić information content (AvgIpc) is 2.59. The Kier molecular flexibility index (Phi) is 6.86. The van der Waals surface area contributed by atoms with Crippen molar-refractivity contribution in [1.29, 1.82) is 0 Å². The Morgan fingerprint density at radius 1 is 1.38 bits per heavy atom. The van der Waals surface area contributed by atoms with Gasteiger partial charge in [-0.3, -0.25) is 9.88 Å². The van der Waals surface area contributed by atoms with Crippen LogP contribution in [0, 0.1) is 0 Å². The molecular weight excluding hydrogens is 394 g/mol. The molecule has 0 aliphatic carbocycles. The van der Waals surface area contributed by atoms with Crippen molar-refractivity contribution in [3.8, 4) is 11.5 Å². The van der Waals surface area contributed by atoms with E-state index in [-0.39, 0.29) is 18.2 Å². The Morgan fingerprint density at radius 2 is 2.12 bits per heavy atom. The van der Waals surface area contributed by atoms with Crippen molar-refractivity contribution in [3.63, 3.8) is 0 Å². The zero-order valence-corrected chi connectivity index (χ0v) is 15.8. The van der Waals surface area contributed by atoms with Crippen molar-refractivity contribution < 1.29 is 9.84 Å². The van der Waals surface area contributed by atoms with Crippen LogP contribution in [0.2, 0.25) is 0 Å². The zero-order valence-electron chi connectivity index (χ0n) is 13.4. The molecule has 2 heterocycles. The number of nitrogens with one attached hydrogen (secondary N) is 1. The summed E-state index contributed by atoms with van der Waals surface area (Å²) in [5.74, 6) is 0.646. The molecule has 3 rings (SSSR count). The number of halogens is 2. The summed E-state index contributed by atoms with van der Waals surface area (Å²) >= 11 is 3.58. The van der Waals surface area contributed by atoms with Crippen LogP contribution in [-0.4, -0.2) is 41.7 Å². The minimum Gasteiger partial charge on any atom is -0.504 e. The molecule has 0 radical (unpaired) electrons. The molecule has 1 aliphatic heterocycles. The Labute approximate surface area is 156 Å². The van der Waals surface area contributed by atoms with Crippen LogP contribution in [0.25, 0.3) is 0 Å². The SMILES string of the molecule is COc1cc(Br)c(CN2CCNCC2c2ccncc2)cc1O.Cl. The highest BCUT2D eigenvalue weighted by Gasteiger charge is 2.24. The fourth-order valence-electron chi connectivity index (χ4n) is 2.94. The molecule has 2 aromatic rings. The second-order valence-electron chi connectivity index (χ2n) is 5.59. The van der Waals surface area contributed by atoms with E-state index in [9.17, 15) is 5.11 Å². The van der Waals surface area contributed by atoms with Crippen LogP contribution in [0.15, 0.2) is 41.1 Å². The lowest BCUT2D eigenvalue weighted by Gasteiger charge is -2.36. The van der Waals surface area contributed by atoms with Crippen LogP contribution in [0.1, 0.15) is 17.2 Å². The molecule has 1 aliphatic rings. The lowest BCUT2D eigenvalue weighted by Crippen LogP contribution is -2.45. The largest absolute Gasteiger partial charge is 0.504 e. The molecule has 1 aromatic carbocycles. The van der Waals surface area contributed by atoms with E-state index in [0.717, 1.165) is 36.2 Å². The monoisotopic (exact) mass is 413 g/mol. The summed E-state index contributed by atoms with van der Waals surface area (Å²) in [7, 11) is 1.55. The molecule has 0 saturated carbocycles. The van der Waals surface area contributed by atoms with Gasteiger partial charge in [-0.1, -0.05) is 15.9 Å². The Balaban J connectivity index is 0.00000208. The van der Waals surface area contributed by atoms with Crippen LogP contribution in [0.3, 0.4) is 0 Å². The summed E-state index contributed by atoms with van der Waals surface area (Å²) in [5.41, 5.74) is 2.30. The molecule has 1 atom stereocenters. The summed E-state index contributed by atoms with van der Waals surface area (Å²) in [6.45, 7) is 3.57. The maximum absolute atomic E-state index is 10.0. The van der Waals surface area contributed by atoms with Crippen molar-refractivity contribution >= 4 is 28.3 Å². The number of nitrogens with zero attached hydrogens (tertiary/aromatic N) is 2. The fraction of sp³-hybridized carbons (Fsp3) is 0.353. The fourth-order valence-corrected chi connectivity index (χ4v) is 3.39. The van der Waals surface area contributed by atoms with Crippen molar-refractivity contribution in [1.82, 2.24) is 15.2 Å². The van der Waals surface area contributed by atoms with E-state index in [1.165, 1.54) is 5.56 Å². The first kappa shape index (κ1) is 19.0. The number of phenolic OH excluding ortho intramolecular Hbond substituents is 1. The molecule has 1 saturated heterocycles. The summed E-state index contributed by atoms with van der Waals surface area (Å²) in [4.78, 5) is 6.52. The molecule has 7 heteroatoms. The maximum atomic E-state index is 10.0. The minimum absolute atomic E-state index is 0. The molecule has 2 N–H and O–H groups in total. The summed E-state index contributed by atoms with van der Waals surface area (Å²) in [6.07, 6.45) is 3.66. The van der Waals surface area contributed by atoms with Gasteiger partial charge in [0.25, 0.3) is 0 Å². The molecule has 5 nitrogen and oxygen atoms in total. The Morgan fingerprint density at radius 3 is 2.83 bits per heavy atom. The Hall–Kier alpha value is -1.34. The van der Waals surface area contributed by atoms with E-state index < -0.39 is 0 Å². The number of rotatable bonds is 4. The smallest absolute Gasteiger partial charge is 0.161 e. The van der Waals surface area contributed by atoms with Crippen LogP contribution >= 0.6 is 28.3 Å². The topological polar surface area (TPSA) is 57.6 Å². The zero-order chi connectivity index (χ0) is 16.2. The number of aromatic hydroxyl groups is 1. The summed E-state index contributed by atoms with van der Waals surface area (Å²) in [5, 5.41) is 13.5. The normalized spacial score (nSPS) is 18.0. The lowest BCUT2D eigenvalue weighted by atomic mass is 10.0. The number of piperazine rings is 1. The number of ether oxygens (including phenoxy) is 1. The summed E-state index contributed by atoms with van der Waals surface area (Å²) < 4.78 is 6.09. The van der Waals surface area contributed by atoms with Gasteiger partial charge in [0.05, 0.1) is 7.11 Å². The third-order valence-electron chi connectivity index (χ3n) is 4.17. The van der Waals surface area contributed by atoms with Gasteiger partial charge in [0.2, 0.25) is 0 Å². The second-order valence-corrected chi connectivity index (χ2v) is 6.44. The number of hydrogen-bond acceptors (Lipinski definition) is 5. The number of phenols is 1. The molecule has 0 bridgehead atoms. The first-order valence-corrected chi connectivity index (χ1v) is 8.38. The minimum atomic E-state index is 0. The first-order valence-electron chi connectivity index (χ1n) is 7.59. The third-order valence-corrected chi connectivity index (χ3v) is 4.90. The van der Waals surface area contributed by atoms with Crippen molar-refractivity contribution in [3.05, 3.63) is 52.3 Å². The predicted molar refractivity (Wildman–Crippen MR) is 99.9 cm³/mol. The Bertz CT molecular complexity index is 672. The number of methoxy groups -OCH3 is 1. The van der Waals surface area contributed by atoms with Crippen LogP contribution in [0.4, 0.5) is 0 Å². The number of benzene rings is 1. The van der Waals surface area contributed by atoms with Gasteiger partial charge in [0.15, 0.2) is 11.5 Å². The van der Waals surface area contributed by atoms with Gasteiger partial charge < -0.3 is 15.2 Å². The van der Waals surface area contributed by atoms with E-state index in [1.54, 1.807) is 13.2 Å². The number of hydrogen-bond donors (Lipinski definition) is 2. The molecule has 24 heavy (non-hydrogen) atoms. The molecule has 1 aromatic heterocycles. The van der Waals surface area contributed by atoms with E-state index in [4.69, 9.17) is 4.74 Å². The van der Waals surface area contributed by atoms with Gasteiger partial charge in [0, 0.05) is 49.1 Å². The van der Waals surface area contributed by atoms with Gasteiger partial charge in [0.1, 0.15) is 0 Å². The van der Waals surface area contributed by atoms with E-state index >= 15 is 0 Å². The highest BCUT2D eigenvalue weighted by molar-refractivity contribution is 9.10. The maximum Gasteiger partial charge on any atom is 0.161 e. The van der Waals surface area contributed by atoms with Crippen LogP contribution in [-0.2, 0) is 6.54 Å². The van der Waals surface area contributed by atoms with Gasteiger partial charge in [-0.25, -0.2) is 0 Å². The summed E-state index contributed by atoms with van der Waals surface area (Å²) in [6, 6.07) is 8.00.